The van der Waals surface area contributed by atoms with E-state index in [0.29, 0.717) is 18.8 Å². The van der Waals surface area contributed by atoms with Crippen molar-refractivity contribution in [3.8, 4) is 6.07 Å². The fourth-order valence-corrected chi connectivity index (χ4v) is 1.13. The number of nitrogens with zero attached hydrogens (tertiary/aromatic N) is 2. The van der Waals surface area contributed by atoms with E-state index in [1.54, 1.807) is 6.20 Å². The minimum absolute atomic E-state index is 0.493. The Kier molecular flexibility index (Phi) is 4.62. The van der Waals surface area contributed by atoms with E-state index >= 15 is 0 Å². The van der Waals surface area contributed by atoms with Crippen LogP contribution in [0.25, 0.3) is 0 Å². The van der Waals surface area contributed by atoms with Crippen LogP contribution in [-0.4, -0.2) is 18.1 Å². The van der Waals surface area contributed by atoms with E-state index in [1.807, 2.05) is 12.1 Å². The summed E-state index contributed by atoms with van der Waals surface area (Å²) in [6.45, 7) is 2.23. The molecule has 0 saturated heterocycles. The molecular formula is C10H14N4. The molecule has 0 aromatic carbocycles. The van der Waals surface area contributed by atoms with Gasteiger partial charge in [-0.15, -0.1) is 0 Å². The standard InChI is InChI=1S/C10H14N4/c11-4-2-5-13-8-9-3-1-6-14-10(9)7-12/h1,3,6,13H,2,4-5,8,11H2. The lowest BCUT2D eigenvalue weighted by Crippen LogP contribution is -2.18. The van der Waals surface area contributed by atoms with Crippen LogP contribution >= 0.6 is 0 Å². The number of nitrogens with two attached hydrogens (primary N) is 1. The van der Waals surface area contributed by atoms with E-state index in [2.05, 4.69) is 16.4 Å². The minimum atomic E-state index is 0.493. The van der Waals surface area contributed by atoms with E-state index in [0.717, 1.165) is 18.5 Å². The number of hydrogen-bond donors (Lipinski definition) is 2. The quantitative estimate of drug-likeness (QED) is 0.659. The van der Waals surface area contributed by atoms with Gasteiger partial charge in [0.15, 0.2) is 0 Å². The Morgan fingerprint density at radius 1 is 1.57 bits per heavy atom. The van der Waals surface area contributed by atoms with Crippen LogP contribution in [0.2, 0.25) is 0 Å². The van der Waals surface area contributed by atoms with Crippen molar-refractivity contribution in [2.45, 2.75) is 13.0 Å². The van der Waals surface area contributed by atoms with Crippen LogP contribution in [0.4, 0.5) is 0 Å². The topological polar surface area (TPSA) is 74.7 Å². The first-order valence-corrected chi connectivity index (χ1v) is 4.63. The molecule has 1 aromatic rings. The van der Waals surface area contributed by atoms with E-state index in [4.69, 9.17) is 11.0 Å². The molecule has 4 nitrogen and oxygen atoms in total. The van der Waals surface area contributed by atoms with E-state index < -0.39 is 0 Å². The van der Waals surface area contributed by atoms with Gasteiger partial charge in [0.1, 0.15) is 11.8 Å². The molecule has 0 spiro atoms. The summed E-state index contributed by atoms with van der Waals surface area (Å²) in [4.78, 5) is 3.97. The van der Waals surface area contributed by atoms with Gasteiger partial charge in [-0.3, -0.25) is 0 Å². The Labute approximate surface area is 83.8 Å². The van der Waals surface area contributed by atoms with Crippen molar-refractivity contribution in [1.29, 1.82) is 5.26 Å². The number of nitriles is 1. The Bertz CT molecular complexity index is 316. The van der Waals surface area contributed by atoms with Gasteiger partial charge in [0, 0.05) is 18.3 Å². The maximum atomic E-state index is 8.76. The maximum absolute atomic E-state index is 8.76. The average Bonchev–Trinajstić information content (AvgIpc) is 2.25. The molecule has 0 bridgehead atoms. The van der Waals surface area contributed by atoms with Gasteiger partial charge in [-0.25, -0.2) is 4.98 Å². The normalized spacial score (nSPS) is 9.71. The first-order chi connectivity index (χ1) is 6.88. The number of hydrogen-bond acceptors (Lipinski definition) is 4. The summed E-state index contributed by atoms with van der Waals surface area (Å²) in [6, 6.07) is 5.80. The van der Waals surface area contributed by atoms with Gasteiger partial charge in [0.25, 0.3) is 0 Å². The van der Waals surface area contributed by atoms with Crippen molar-refractivity contribution in [3.05, 3.63) is 29.6 Å². The third-order valence-corrected chi connectivity index (χ3v) is 1.87. The van der Waals surface area contributed by atoms with Crippen molar-refractivity contribution in [2.24, 2.45) is 5.73 Å². The largest absolute Gasteiger partial charge is 0.330 e. The predicted octanol–water partition coefficient (Wildman–Crippen LogP) is 0.392. The van der Waals surface area contributed by atoms with Gasteiger partial charge in [-0.1, -0.05) is 6.07 Å². The van der Waals surface area contributed by atoms with Gasteiger partial charge >= 0.3 is 0 Å². The van der Waals surface area contributed by atoms with E-state index in [1.165, 1.54) is 0 Å². The Hall–Kier alpha value is -1.44. The fourth-order valence-electron chi connectivity index (χ4n) is 1.13. The molecule has 1 aromatic heterocycles. The van der Waals surface area contributed by atoms with Crippen molar-refractivity contribution >= 4 is 0 Å². The molecule has 14 heavy (non-hydrogen) atoms. The summed E-state index contributed by atoms with van der Waals surface area (Å²) in [5.74, 6) is 0. The van der Waals surface area contributed by atoms with Crippen LogP contribution in [0.15, 0.2) is 18.3 Å². The van der Waals surface area contributed by atoms with Crippen molar-refractivity contribution in [3.63, 3.8) is 0 Å². The summed E-state index contributed by atoms with van der Waals surface area (Å²) in [5.41, 5.74) is 6.79. The summed E-state index contributed by atoms with van der Waals surface area (Å²) in [5, 5.41) is 12.0. The summed E-state index contributed by atoms with van der Waals surface area (Å²) >= 11 is 0. The van der Waals surface area contributed by atoms with Crippen molar-refractivity contribution in [1.82, 2.24) is 10.3 Å². The zero-order valence-corrected chi connectivity index (χ0v) is 8.03. The number of nitrogens with one attached hydrogen (secondary N) is 1. The lowest BCUT2D eigenvalue weighted by molar-refractivity contribution is 0.653. The highest BCUT2D eigenvalue weighted by Gasteiger charge is 2.00. The lowest BCUT2D eigenvalue weighted by atomic mass is 10.2. The first kappa shape index (κ1) is 10.6. The molecule has 74 valence electrons. The van der Waals surface area contributed by atoms with E-state index in [9.17, 15) is 0 Å². The second-order valence-corrected chi connectivity index (χ2v) is 2.94. The smallest absolute Gasteiger partial charge is 0.144 e. The first-order valence-electron chi connectivity index (χ1n) is 4.63. The third-order valence-electron chi connectivity index (χ3n) is 1.87. The fraction of sp³-hybridized carbons (Fsp3) is 0.400. The van der Waals surface area contributed by atoms with Crippen LogP contribution in [0.1, 0.15) is 17.7 Å². The predicted molar refractivity (Wildman–Crippen MR) is 54.3 cm³/mol. The highest BCUT2D eigenvalue weighted by atomic mass is 14.9. The molecule has 0 unspecified atom stereocenters. The third kappa shape index (κ3) is 3.13. The highest BCUT2D eigenvalue weighted by molar-refractivity contribution is 5.30. The molecule has 0 aliphatic heterocycles. The molecule has 4 heteroatoms. The molecule has 0 fully saturated rings. The molecule has 0 aliphatic rings. The molecule has 3 N–H and O–H groups in total. The van der Waals surface area contributed by atoms with Gasteiger partial charge < -0.3 is 11.1 Å². The molecule has 0 atom stereocenters. The van der Waals surface area contributed by atoms with Gasteiger partial charge in [0.05, 0.1) is 0 Å². The molecule has 0 aliphatic carbocycles. The minimum Gasteiger partial charge on any atom is -0.330 e. The second-order valence-electron chi connectivity index (χ2n) is 2.94. The number of pyridine rings is 1. The van der Waals surface area contributed by atoms with Crippen molar-refractivity contribution in [2.75, 3.05) is 13.1 Å². The molecule has 1 rings (SSSR count). The molecule has 0 saturated carbocycles. The maximum Gasteiger partial charge on any atom is 0.144 e. The Morgan fingerprint density at radius 2 is 2.43 bits per heavy atom. The number of aromatic nitrogens is 1. The van der Waals surface area contributed by atoms with Crippen LogP contribution in [0.3, 0.4) is 0 Å². The van der Waals surface area contributed by atoms with Crippen LogP contribution in [0.5, 0.6) is 0 Å². The SMILES string of the molecule is N#Cc1ncccc1CNCCCN. The zero-order chi connectivity index (χ0) is 10.2. The molecule has 1 heterocycles. The Morgan fingerprint density at radius 3 is 3.14 bits per heavy atom. The summed E-state index contributed by atoms with van der Waals surface area (Å²) in [7, 11) is 0. The molecule has 0 radical (unpaired) electrons. The van der Waals surface area contributed by atoms with Gasteiger partial charge in [-0.05, 0) is 25.6 Å². The summed E-state index contributed by atoms with van der Waals surface area (Å²) in [6.07, 6.45) is 2.57. The summed E-state index contributed by atoms with van der Waals surface area (Å²) < 4.78 is 0. The van der Waals surface area contributed by atoms with Gasteiger partial charge in [-0.2, -0.15) is 5.26 Å². The highest BCUT2D eigenvalue weighted by Crippen LogP contribution is 2.02. The monoisotopic (exact) mass is 190 g/mol. The lowest BCUT2D eigenvalue weighted by Gasteiger charge is -2.04. The molecule has 0 amide bonds. The Balaban J connectivity index is 2.46. The zero-order valence-electron chi connectivity index (χ0n) is 8.03. The molecular weight excluding hydrogens is 176 g/mol. The van der Waals surface area contributed by atoms with Crippen LogP contribution in [-0.2, 0) is 6.54 Å². The van der Waals surface area contributed by atoms with E-state index in [-0.39, 0.29) is 0 Å². The van der Waals surface area contributed by atoms with Gasteiger partial charge in [0.2, 0.25) is 0 Å². The second kappa shape index (κ2) is 6.08. The average molecular weight is 190 g/mol. The van der Waals surface area contributed by atoms with Crippen molar-refractivity contribution < 1.29 is 0 Å². The number of rotatable bonds is 5. The van der Waals surface area contributed by atoms with Crippen LogP contribution in [0, 0.1) is 11.3 Å². The van der Waals surface area contributed by atoms with Crippen LogP contribution < -0.4 is 11.1 Å².